The molecule has 0 amide bonds. The quantitative estimate of drug-likeness (QED) is 0.420. The Morgan fingerprint density at radius 1 is 0.857 bits per heavy atom. The summed E-state index contributed by atoms with van der Waals surface area (Å²) in [4.78, 5) is 0. The lowest BCUT2D eigenvalue weighted by Gasteiger charge is -1.57. The molecule has 0 bridgehead atoms. The van der Waals surface area contributed by atoms with E-state index >= 15 is 0 Å². The normalized spacial score (nSPS) is 12.6. The Balaban J connectivity index is 0. The molecule has 1 aliphatic carbocycles. The van der Waals surface area contributed by atoms with Crippen molar-refractivity contribution in [2.45, 2.75) is 6.42 Å². The zero-order valence-electron chi connectivity index (χ0n) is 3.91. The fourth-order valence-electron chi connectivity index (χ4n) is 0.393. The molecular weight excluding hydrogens is 88.1 g/mol. The number of rotatable bonds is 0. The largest absolute Gasteiger partial charge is 0.0808 e. The lowest BCUT2D eigenvalue weighted by molar-refractivity contribution is 1.45. The van der Waals surface area contributed by atoms with Gasteiger partial charge < -0.3 is 0 Å². The number of hydrogen-bond acceptors (Lipinski definition) is 0. The summed E-state index contributed by atoms with van der Waals surface area (Å²) in [5, 5.41) is 0. The van der Waals surface area contributed by atoms with Crippen LogP contribution in [0.4, 0.5) is 0 Å². The van der Waals surface area contributed by atoms with Crippen LogP contribution in [0.1, 0.15) is 6.42 Å². The van der Waals surface area contributed by atoms with E-state index in [1.807, 2.05) is 0 Å². The maximum atomic E-state index is 2.12. The summed E-state index contributed by atoms with van der Waals surface area (Å²) >= 11 is 0. The average Bonchev–Trinajstić information content (AvgIpc) is 1.76. The standard InChI is InChI=1S/C5H6.2N/c1-2-4-5-3-1;;/h1-4H,5H2;;. The van der Waals surface area contributed by atoms with Crippen LogP contribution in [0.2, 0.25) is 0 Å². The van der Waals surface area contributed by atoms with Crippen molar-refractivity contribution < 1.29 is 0 Å². The van der Waals surface area contributed by atoms with Gasteiger partial charge in [0, 0.05) is 12.3 Å². The van der Waals surface area contributed by atoms with Gasteiger partial charge in [-0.1, -0.05) is 24.3 Å². The highest BCUT2D eigenvalue weighted by molar-refractivity contribution is 5.11. The Hall–Kier alpha value is -0.600. The summed E-state index contributed by atoms with van der Waals surface area (Å²) in [6.45, 7) is 0. The van der Waals surface area contributed by atoms with Crippen molar-refractivity contribution in [1.29, 1.82) is 0 Å². The van der Waals surface area contributed by atoms with Crippen molar-refractivity contribution in [2.24, 2.45) is 0 Å². The lowest BCUT2D eigenvalue weighted by Crippen LogP contribution is -1.37. The molecule has 36 valence electrons. The summed E-state index contributed by atoms with van der Waals surface area (Å²) in [5.74, 6) is 0. The molecule has 0 saturated carbocycles. The molecule has 0 aliphatic heterocycles. The molecule has 2 nitrogen and oxygen atoms in total. The van der Waals surface area contributed by atoms with Crippen molar-refractivity contribution in [3.8, 4) is 0 Å². The summed E-state index contributed by atoms with van der Waals surface area (Å²) in [6.07, 6.45) is 9.50. The van der Waals surface area contributed by atoms with Gasteiger partial charge in [-0.2, -0.15) is 0 Å². The topological polar surface area (TPSA) is 61.0 Å². The molecule has 0 fully saturated rings. The van der Waals surface area contributed by atoms with Crippen molar-refractivity contribution >= 4 is 0 Å². The Labute approximate surface area is 44.1 Å². The second-order valence-electron chi connectivity index (χ2n) is 1.09. The van der Waals surface area contributed by atoms with Crippen LogP contribution in [0.15, 0.2) is 24.3 Å². The van der Waals surface area contributed by atoms with Gasteiger partial charge in [-0.05, 0) is 6.42 Å². The molecule has 0 saturated heterocycles. The van der Waals surface area contributed by atoms with Gasteiger partial charge in [0.1, 0.15) is 0 Å². The van der Waals surface area contributed by atoms with Gasteiger partial charge in [0.2, 0.25) is 0 Å². The van der Waals surface area contributed by atoms with Crippen LogP contribution in [0.25, 0.3) is 0 Å². The monoisotopic (exact) mass is 94.1 g/mol. The van der Waals surface area contributed by atoms with Crippen LogP contribution in [-0.4, -0.2) is 0 Å². The molecule has 0 spiro atoms. The average molecular weight is 94.1 g/mol. The first-order valence-electron chi connectivity index (χ1n) is 1.82. The van der Waals surface area contributed by atoms with E-state index in [1.54, 1.807) is 0 Å². The van der Waals surface area contributed by atoms with Crippen LogP contribution in [0, 0.1) is 0 Å². The third-order valence-electron chi connectivity index (χ3n) is 0.655. The van der Waals surface area contributed by atoms with E-state index in [0.717, 1.165) is 6.42 Å². The van der Waals surface area contributed by atoms with E-state index < -0.39 is 0 Å². The van der Waals surface area contributed by atoms with E-state index in [-0.39, 0.29) is 12.3 Å². The molecule has 0 unspecified atom stereocenters. The molecule has 7 heavy (non-hydrogen) atoms. The van der Waals surface area contributed by atoms with Gasteiger partial charge >= 0.3 is 0 Å². The van der Waals surface area contributed by atoms with Gasteiger partial charge in [-0.3, -0.25) is 0 Å². The molecule has 6 radical (unpaired) electrons. The van der Waals surface area contributed by atoms with Gasteiger partial charge in [0.05, 0.1) is 0 Å². The van der Waals surface area contributed by atoms with E-state index in [4.69, 9.17) is 0 Å². The minimum Gasteiger partial charge on any atom is -0.0808 e. The van der Waals surface area contributed by atoms with Crippen LogP contribution < -0.4 is 12.3 Å². The minimum absolute atomic E-state index is 0. The molecule has 2 heteroatoms. The molecule has 1 aliphatic rings. The molecule has 0 N–H and O–H groups in total. The van der Waals surface area contributed by atoms with Gasteiger partial charge in [-0.25, -0.2) is 0 Å². The maximum Gasteiger partial charge on any atom is 0 e. The minimum atomic E-state index is 0. The van der Waals surface area contributed by atoms with E-state index in [0.29, 0.717) is 0 Å². The van der Waals surface area contributed by atoms with E-state index in [2.05, 4.69) is 24.3 Å². The molecule has 1 rings (SSSR count). The first kappa shape index (κ1) is 9.64. The second kappa shape index (κ2) is 5.40. The van der Waals surface area contributed by atoms with E-state index in [9.17, 15) is 0 Å². The Morgan fingerprint density at radius 3 is 1.43 bits per heavy atom. The Kier molecular flexibility index (Phi) is 7.44. The maximum absolute atomic E-state index is 2.12. The zero-order chi connectivity index (χ0) is 3.54. The molecule has 0 aromatic heterocycles. The molecule has 0 aromatic rings. The van der Waals surface area contributed by atoms with Crippen LogP contribution in [-0.2, 0) is 0 Å². The Bertz CT molecular complexity index is 64.1. The van der Waals surface area contributed by atoms with Gasteiger partial charge in [0.15, 0.2) is 0 Å². The Morgan fingerprint density at radius 2 is 1.29 bits per heavy atom. The fourth-order valence-corrected chi connectivity index (χ4v) is 0.393. The van der Waals surface area contributed by atoms with Gasteiger partial charge in [-0.15, -0.1) is 0 Å². The third kappa shape index (κ3) is 3.22. The lowest BCUT2D eigenvalue weighted by atomic mass is 10.5. The fraction of sp³-hybridized carbons (Fsp3) is 0.200. The van der Waals surface area contributed by atoms with Crippen LogP contribution in [0.3, 0.4) is 0 Å². The SMILES string of the molecule is C1=CCC=C1.[N].[N]. The van der Waals surface area contributed by atoms with Crippen molar-refractivity contribution in [3.05, 3.63) is 24.3 Å². The third-order valence-corrected chi connectivity index (χ3v) is 0.655. The number of nitrogens with zero attached hydrogens (tertiary/aromatic N) is 2. The summed E-state index contributed by atoms with van der Waals surface area (Å²) in [5.41, 5.74) is 0. The van der Waals surface area contributed by atoms with Crippen molar-refractivity contribution in [3.63, 3.8) is 0 Å². The smallest absolute Gasteiger partial charge is 0 e. The molecular formula is C5H6N2. The van der Waals surface area contributed by atoms with Crippen molar-refractivity contribution in [2.75, 3.05) is 0 Å². The highest BCUT2D eigenvalue weighted by atomic mass is 14.0. The zero-order valence-corrected chi connectivity index (χ0v) is 3.91. The molecule has 0 heterocycles. The van der Waals surface area contributed by atoms with Gasteiger partial charge in [0.25, 0.3) is 0 Å². The highest BCUT2D eigenvalue weighted by Gasteiger charge is 1.72. The van der Waals surface area contributed by atoms with Crippen LogP contribution in [0.5, 0.6) is 0 Å². The second-order valence-corrected chi connectivity index (χ2v) is 1.09. The molecule has 0 atom stereocenters. The number of hydrogen-bond donors (Lipinski definition) is 0. The molecule has 0 aromatic carbocycles. The summed E-state index contributed by atoms with van der Waals surface area (Å²) in [6, 6.07) is 0. The first-order chi connectivity index (χ1) is 2.50. The predicted octanol–water partition coefficient (Wildman–Crippen LogP) is 0.541. The predicted molar refractivity (Wildman–Crippen MR) is 27.2 cm³/mol. The highest BCUT2D eigenvalue weighted by Crippen LogP contribution is 1.93. The first-order valence-corrected chi connectivity index (χ1v) is 1.82. The summed E-state index contributed by atoms with van der Waals surface area (Å²) < 4.78 is 0. The van der Waals surface area contributed by atoms with E-state index in [1.165, 1.54) is 0 Å². The van der Waals surface area contributed by atoms with Crippen LogP contribution >= 0.6 is 0 Å². The number of allylic oxidation sites excluding steroid dienone is 4. The van der Waals surface area contributed by atoms with Crippen molar-refractivity contribution in [1.82, 2.24) is 12.3 Å². The summed E-state index contributed by atoms with van der Waals surface area (Å²) in [7, 11) is 0.